The minimum Gasteiger partial charge on any atom is -0.459 e. The van der Waals surface area contributed by atoms with Gasteiger partial charge in [-0.2, -0.15) is 30.4 Å². The van der Waals surface area contributed by atoms with Crippen LogP contribution < -0.4 is 0 Å². The highest BCUT2D eigenvalue weighted by Crippen LogP contribution is 2.38. The maximum absolute atomic E-state index is 13.5. The van der Waals surface area contributed by atoms with Crippen LogP contribution in [0.15, 0.2) is 24.3 Å². The van der Waals surface area contributed by atoms with Gasteiger partial charge in [0.15, 0.2) is 0 Å². The van der Waals surface area contributed by atoms with Crippen molar-refractivity contribution < 1.29 is 54.0 Å². The number of ether oxygens (including phenoxy) is 2. The molecule has 13 heteroatoms. The van der Waals surface area contributed by atoms with Gasteiger partial charge < -0.3 is 9.47 Å². The number of hydrogen-bond donors (Lipinski definition) is 1. The van der Waals surface area contributed by atoms with Crippen LogP contribution in [0.25, 0.3) is 0 Å². The topological polar surface area (TPSA) is 107 Å². The van der Waals surface area contributed by atoms with E-state index in [2.05, 4.69) is 4.74 Å². The molecule has 0 aliphatic heterocycles. The number of alkyl halides is 5. The van der Waals surface area contributed by atoms with Crippen LogP contribution in [0.4, 0.5) is 22.0 Å². The van der Waals surface area contributed by atoms with Crippen LogP contribution >= 0.6 is 0 Å². The zero-order chi connectivity index (χ0) is 22.7. The van der Waals surface area contributed by atoms with E-state index in [0.717, 1.165) is 43.5 Å². The first-order valence-corrected chi connectivity index (χ1v) is 10.1. The Morgan fingerprint density at radius 2 is 1.40 bits per heavy atom. The molecule has 1 unspecified atom stereocenters. The molecule has 1 aromatic carbocycles. The van der Waals surface area contributed by atoms with Crippen molar-refractivity contribution in [2.45, 2.75) is 55.7 Å². The van der Waals surface area contributed by atoms with Crippen molar-refractivity contribution >= 4 is 22.1 Å². The van der Waals surface area contributed by atoms with Crippen molar-refractivity contribution in [2.75, 3.05) is 0 Å². The predicted octanol–water partition coefficient (Wildman–Crippen LogP) is 3.74. The molecule has 1 N–H and O–H groups in total. The van der Waals surface area contributed by atoms with E-state index in [1.165, 1.54) is 0 Å². The zero-order valence-electron chi connectivity index (χ0n) is 15.2. The van der Waals surface area contributed by atoms with Gasteiger partial charge in [-0.1, -0.05) is 6.42 Å². The van der Waals surface area contributed by atoms with E-state index in [4.69, 9.17) is 9.29 Å². The van der Waals surface area contributed by atoms with Crippen molar-refractivity contribution in [1.29, 1.82) is 0 Å². The van der Waals surface area contributed by atoms with Crippen molar-refractivity contribution in [2.24, 2.45) is 0 Å². The van der Waals surface area contributed by atoms with Crippen LogP contribution in [0.2, 0.25) is 0 Å². The van der Waals surface area contributed by atoms with Crippen molar-refractivity contribution in [3.63, 3.8) is 0 Å². The second kappa shape index (κ2) is 8.84. The minimum absolute atomic E-state index is 0.0345. The summed E-state index contributed by atoms with van der Waals surface area (Å²) in [7, 11) is -6.54. The van der Waals surface area contributed by atoms with Gasteiger partial charge in [-0.05, 0) is 49.9 Å². The Morgan fingerprint density at radius 1 is 0.933 bits per heavy atom. The Labute approximate surface area is 167 Å². The molecule has 1 aliphatic rings. The number of hydrogen-bond acceptors (Lipinski definition) is 6. The highest BCUT2D eigenvalue weighted by atomic mass is 32.2. The van der Waals surface area contributed by atoms with Crippen LogP contribution in [-0.2, 0) is 19.6 Å². The first-order valence-electron chi connectivity index (χ1n) is 8.67. The molecule has 0 bridgehead atoms. The van der Waals surface area contributed by atoms with Gasteiger partial charge in [-0.3, -0.25) is 4.55 Å². The van der Waals surface area contributed by atoms with Gasteiger partial charge in [0.05, 0.1) is 11.1 Å². The normalized spacial score (nSPS) is 17.3. The number of esters is 2. The molecule has 0 spiro atoms. The molecule has 1 aliphatic carbocycles. The second-order valence-corrected chi connectivity index (χ2v) is 8.10. The van der Waals surface area contributed by atoms with Gasteiger partial charge in [-0.15, -0.1) is 0 Å². The predicted molar refractivity (Wildman–Crippen MR) is 90.5 cm³/mol. The van der Waals surface area contributed by atoms with Crippen LogP contribution in [0, 0.1) is 0 Å². The summed E-state index contributed by atoms with van der Waals surface area (Å²) in [6.45, 7) is 0. The summed E-state index contributed by atoms with van der Waals surface area (Å²) >= 11 is 0. The number of carbonyl (C=O) groups excluding carboxylic acids is 2. The van der Waals surface area contributed by atoms with Crippen molar-refractivity contribution in [1.82, 2.24) is 0 Å². The number of benzene rings is 1. The Hall–Kier alpha value is -2.28. The molecule has 168 valence electrons. The fourth-order valence-electron chi connectivity index (χ4n) is 2.78. The van der Waals surface area contributed by atoms with Crippen molar-refractivity contribution in [3.05, 3.63) is 35.4 Å². The average Bonchev–Trinajstić information content (AvgIpc) is 2.65. The Balaban J connectivity index is 2.13. The number of halogens is 5. The molecule has 0 saturated heterocycles. The van der Waals surface area contributed by atoms with E-state index >= 15 is 0 Å². The third-order valence-electron chi connectivity index (χ3n) is 4.35. The maximum atomic E-state index is 13.5. The number of rotatable bonds is 6. The van der Waals surface area contributed by atoms with Gasteiger partial charge in [0, 0.05) is 0 Å². The molecule has 0 aromatic heterocycles. The molecule has 7 nitrogen and oxygen atoms in total. The van der Waals surface area contributed by atoms with Gasteiger partial charge >= 0.3 is 33.5 Å². The van der Waals surface area contributed by atoms with E-state index in [1.54, 1.807) is 0 Å². The lowest BCUT2D eigenvalue weighted by Crippen LogP contribution is -2.52. The Morgan fingerprint density at radius 3 is 1.83 bits per heavy atom. The fourth-order valence-corrected chi connectivity index (χ4v) is 3.23. The first kappa shape index (κ1) is 24.0. The number of carbonyl (C=O) groups is 2. The molecule has 1 aromatic rings. The smallest absolute Gasteiger partial charge is 0.432 e. The standard InChI is InChI=1S/C17H17F5O7S/c18-16(19,20)15(17(21,22)30(25,26)27)29-14(24)11-8-6-10(7-9-11)13(23)28-12-4-2-1-3-5-12/h6-9,12,15H,1-5H2,(H,25,26,27). The summed E-state index contributed by atoms with van der Waals surface area (Å²) in [5, 5.41) is -5.83. The molecular weight excluding hydrogens is 443 g/mol. The SMILES string of the molecule is O=C(OC1CCCCC1)c1ccc(C(=O)OC(C(F)(F)F)C(F)(F)S(=O)(=O)O)cc1. The quantitative estimate of drug-likeness (QED) is 0.392. The lowest BCUT2D eigenvalue weighted by Gasteiger charge is -2.26. The van der Waals surface area contributed by atoms with E-state index < -0.39 is 45.2 Å². The van der Waals surface area contributed by atoms with Gasteiger partial charge in [0.2, 0.25) is 0 Å². The lowest BCUT2D eigenvalue weighted by atomic mass is 9.98. The Bertz CT molecular complexity index is 875. The molecule has 0 amide bonds. The minimum atomic E-state index is -6.54. The molecule has 1 atom stereocenters. The highest BCUT2D eigenvalue weighted by molar-refractivity contribution is 7.86. The molecule has 1 saturated carbocycles. The van der Waals surface area contributed by atoms with E-state index in [9.17, 15) is 40.0 Å². The summed E-state index contributed by atoms with van der Waals surface area (Å²) in [5.74, 6) is -2.67. The monoisotopic (exact) mass is 460 g/mol. The summed E-state index contributed by atoms with van der Waals surface area (Å²) < 4.78 is 104. The molecule has 30 heavy (non-hydrogen) atoms. The lowest BCUT2D eigenvalue weighted by molar-refractivity contribution is -0.248. The van der Waals surface area contributed by atoms with E-state index in [0.29, 0.717) is 12.8 Å². The summed E-state index contributed by atoms with van der Waals surface area (Å²) in [4.78, 5) is 23.9. The summed E-state index contributed by atoms with van der Waals surface area (Å²) in [6, 6.07) is 3.70. The molecular formula is C17H17F5O7S. The van der Waals surface area contributed by atoms with E-state index in [1.807, 2.05) is 0 Å². The van der Waals surface area contributed by atoms with Crippen molar-refractivity contribution in [3.8, 4) is 0 Å². The van der Waals surface area contributed by atoms with Gasteiger partial charge in [-0.25, -0.2) is 9.59 Å². The molecule has 0 heterocycles. The van der Waals surface area contributed by atoms with Crippen LogP contribution in [0.3, 0.4) is 0 Å². The van der Waals surface area contributed by atoms with Crippen LogP contribution in [0.1, 0.15) is 52.8 Å². The highest BCUT2D eigenvalue weighted by Gasteiger charge is 2.66. The van der Waals surface area contributed by atoms with E-state index in [-0.39, 0.29) is 11.7 Å². The molecule has 2 rings (SSSR count). The van der Waals surface area contributed by atoms with Crippen LogP contribution in [0.5, 0.6) is 0 Å². The average molecular weight is 460 g/mol. The third kappa shape index (κ3) is 5.65. The van der Waals surface area contributed by atoms with Gasteiger partial charge in [0.1, 0.15) is 6.10 Å². The summed E-state index contributed by atoms with van der Waals surface area (Å²) in [6.07, 6.45) is -6.50. The molecule has 1 fully saturated rings. The largest absolute Gasteiger partial charge is 0.459 e. The van der Waals surface area contributed by atoms with Gasteiger partial charge in [0.25, 0.3) is 6.10 Å². The maximum Gasteiger partial charge on any atom is 0.432 e. The second-order valence-electron chi connectivity index (χ2n) is 6.61. The third-order valence-corrected chi connectivity index (χ3v) is 5.26. The first-order chi connectivity index (χ1) is 13.7. The van der Waals surface area contributed by atoms with Crippen LogP contribution in [-0.4, -0.2) is 48.5 Å². The fraction of sp³-hybridized carbons (Fsp3) is 0.529. The zero-order valence-corrected chi connectivity index (χ0v) is 16.0. The summed E-state index contributed by atoms with van der Waals surface area (Å²) in [5.41, 5.74) is -0.697. The molecule has 0 radical (unpaired) electrons. The Kier molecular flexibility index (Phi) is 7.07.